The van der Waals surface area contributed by atoms with Crippen LogP contribution in [0.5, 0.6) is 0 Å². The van der Waals surface area contributed by atoms with Crippen molar-refractivity contribution in [3.8, 4) is 0 Å². The Hall–Kier alpha value is -2.64. The van der Waals surface area contributed by atoms with E-state index in [9.17, 15) is 14.0 Å². The molecule has 0 unspecified atom stereocenters. The van der Waals surface area contributed by atoms with Crippen LogP contribution in [0, 0.1) is 5.82 Å². The summed E-state index contributed by atoms with van der Waals surface area (Å²) in [6.45, 7) is 2.95. The maximum absolute atomic E-state index is 14.1. The standard InChI is InChI=1S/C29H32BrFN2O2S/c1-2-3-16-32-29(35)27(18-22-10-5-4-6-11-22)33(19-23-12-9-14-25(30)17-23)28(34)21-36-20-24-13-7-8-15-26(24)31/h4-15,17,27H,2-3,16,18-21H2,1H3,(H,32,35)/t27-/m0/s1. The molecule has 0 aliphatic carbocycles. The molecule has 0 spiro atoms. The third-order valence-corrected chi connectivity index (χ3v) is 7.24. The normalized spacial score (nSPS) is 11.6. The van der Waals surface area contributed by atoms with E-state index in [0.29, 0.717) is 30.8 Å². The Morgan fingerprint density at radius 1 is 1.00 bits per heavy atom. The smallest absolute Gasteiger partial charge is 0.243 e. The van der Waals surface area contributed by atoms with Gasteiger partial charge in [0, 0.05) is 29.7 Å². The summed E-state index contributed by atoms with van der Waals surface area (Å²) in [5, 5.41) is 3.03. The number of unbranched alkanes of at least 4 members (excludes halogenated alkanes) is 1. The minimum Gasteiger partial charge on any atom is -0.354 e. The fourth-order valence-electron chi connectivity index (χ4n) is 3.84. The highest BCUT2D eigenvalue weighted by Crippen LogP contribution is 2.21. The number of thioether (sulfide) groups is 1. The van der Waals surface area contributed by atoms with Crippen LogP contribution in [-0.4, -0.2) is 35.1 Å². The van der Waals surface area contributed by atoms with Crippen molar-refractivity contribution in [2.45, 2.75) is 44.5 Å². The second kappa shape index (κ2) is 14.8. The van der Waals surface area contributed by atoms with Gasteiger partial charge >= 0.3 is 0 Å². The number of benzene rings is 3. The lowest BCUT2D eigenvalue weighted by Gasteiger charge is -2.31. The maximum atomic E-state index is 14.1. The molecular formula is C29H32BrFN2O2S. The zero-order chi connectivity index (χ0) is 25.8. The predicted molar refractivity (Wildman–Crippen MR) is 149 cm³/mol. The van der Waals surface area contributed by atoms with Crippen LogP contribution in [0.2, 0.25) is 0 Å². The van der Waals surface area contributed by atoms with Gasteiger partial charge in [-0.25, -0.2) is 4.39 Å². The van der Waals surface area contributed by atoms with Gasteiger partial charge in [-0.3, -0.25) is 9.59 Å². The second-order valence-corrected chi connectivity index (χ2v) is 10.5. The summed E-state index contributed by atoms with van der Waals surface area (Å²) < 4.78 is 15.0. The molecule has 3 aromatic rings. The van der Waals surface area contributed by atoms with Crippen LogP contribution < -0.4 is 5.32 Å². The molecule has 0 aromatic heterocycles. The fourth-order valence-corrected chi connectivity index (χ4v) is 5.18. The number of rotatable bonds is 13. The lowest BCUT2D eigenvalue weighted by molar-refractivity contribution is -0.139. The number of amides is 2. The Labute approximate surface area is 225 Å². The molecule has 0 aliphatic heterocycles. The highest BCUT2D eigenvalue weighted by molar-refractivity contribution is 9.10. The summed E-state index contributed by atoms with van der Waals surface area (Å²) in [7, 11) is 0. The molecule has 0 radical (unpaired) electrons. The van der Waals surface area contributed by atoms with E-state index >= 15 is 0 Å². The number of hydrogen-bond acceptors (Lipinski definition) is 3. The van der Waals surface area contributed by atoms with Gasteiger partial charge in [0.25, 0.3) is 0 Å². The lowest BCUT2D eigenvalue weighted by Crippen LogP contribution is -2.51. The first-order valence-electron chi connectivity index (χ1n) is 12.1. The van der Waals surface area contributed by atoms with Gasteiger partial charge in [-0.1, -0.05) is 89.9 Å². The van der Waals surface area contributed by atoms with Crippen molar-refractivity contribution in [1.82, 2.24) is 10.2 Å². The summed E-state index contributed by atoms with van der Waals surface area (Å²) >= 11 is 4.86. The molecule has 0 saturated heterocycles. The third-order valence-electron chi connectivity index (χ3n) is 5.78. The monoisotopic (exact) mass is 570 g/mol. The van der Waals surface area contributed by atoms with Crippen LogP contribution in [0.1, 0.15) is 36.5 Å². The largest absolute Gasteiger partial charge is 0.354 e. The Balaban J connectivity index is 1.84. The molecule has 4 nitrogen and oxygen atoms in total. The maximum Gasteiger partial charge on any atom is 0.243 e. The minimum atomic E-state index is -0.662. The molecule has 0 aliphatic rings. The van der Waals surface area contributed by atoms with Gasteiger partial charge < -0.3 is 10.2 Å². The summed E-state index contributed by atoms with van der Waals surface area (Å²) in [5.41, 5.74) is 2.47. The molecule has 3 rings (SSSR count). The van der Waals surface area contributed by atoms with Gasteiger partial charge in [0.2, 0.25) is 11.8 Å². The molecule has 2 amide bonds. The van der Waals surface area contributed by atoms with Gasteiger partial charge in [-0.15, -0.1) is 11.8 Å². The van der Waals surface area contributed by atoms with Crippen LogP contribution in [0.3, 0.4) is 0 Å². The first-order valence-corrected chi connectivity index (χ1v) is 14.1. The van der Waals surface area contributed by atoms with E-state index < -0.39 is 6.04 Å². The number of nitrogens with one attached hydrogen (secondary N) is 1. The zero-order valence-corrected chi connectivity index (χ0v) is 22.9. The SMILES string of the molecule is CCCCNC(=O)[C@H](Cc1ccccc1)N(Cc1cccc(Br)c1)C(=O)CSCc1ccccc1F. The van der Waals surface area contributed by atoms with Crippen molar-refractivity contribution in [3.63, 3.8) is 0 Å². The summed E-state index contributed by atoms with van der Waals surface area (Å²) in [6.07, 6.45) is 2.26. The van der Waals surface area contributed by atoms with Gasteiger partial charge in [-0.2, -0.15) is 0 Å². The first-order chi connectivity index (χ1) is 17.5. The molecule has 7 heteroatoms. The van der Waals surface area contributed by atoms with Crippen LogP contribution in [0.25, 0.3) is 0 Å². The number of nitrogens with zero attached hydrogens (tertiary/aromatic N) is 1. The molecule has 3 aromatic carbocycles. The number of halogens is 2. The van der Waals surface area contributed by atoms with Gasteiger partial charge in [0.1, 0.15) is 11.9 Å². The average molecular weight is 572 g/mol. The molecule has 0 bridgehead atoms. The minimum absolute atomic E-state index is 0.149. The van der Waals surface area contributed by atoms with E-state index in [0.717, 1.165) is 28.4 Å². The highest BCUT2D eigenvalue weighted by atomic mass is 79.9. The van der Waals surface area contributed by atoms with Gasteiger partial charge in [0.05, 0.1) is 5.75 Å². The summed E-state index contributed by atoms with van der Waals surface area (Å²) in [4.78, 5) is 28.7. The van der Waals surface area contributed by atoms with Crippen LogP contribution >= 0.6 is 27.7 Å². The molecule has 0 fully saturated rings. The number of carbonyl (C=O) groups excluding carboxylic acids is 2. The Kier molecular flexibility index (Phi) is 11.5. The van der Waals surface area contributed by atoms with E-state index in [1.54, 1.807) is 23.1 Å². The van der Waals surface area contributed by atoms with Crippen LogP contribution in [0.15, 0.2) is 83.3 Å². The Bertz CT molecular complexity index is 1130. The summed E-state index contributed by atoms with van der Waals surface area (Å²) in [6, 6.07) is 23.4. The van der Waals surface area contributed by atoms with E-state index in [1.807, 2.05) is 54.6 Å². The first kappa shape index (κ1) is 27.9. The third kappa shape index (κ3) is 8.79. The van der Waals surface area contributed by atoms with Crippen molar-refractivity contribution >= 4 is 39.5 Å². The zero-order valence-electron chi connectivity index (χ0n) is 20.5. The average Bonchev–Trinajstić information content (AvgIpc) is 2.88. The topological polar surface area (TPSA) is 49.4 Å². The van der Waals surface area contributed by atoms with E-state index in [2.05, 4.69) is 28.2 Å². The molecule has 0 heterocycles. The lowest BCUT2D eigenvalue weighted by atomic mass is 10.0. The molecule has 190 valence electrons. The van der Waals surface area contributed by atoms with Crippen LogP contribution in [-0.2, 0) is 28.3 Å². The van der Waals surface area contributed by atoms with Gasteiger partial charge in [-0.05, 0) is 41.3 Å². The van der Waals surface area contributed by atoms with Crippen LogP contribution in [0.4, 0.5) is 4.39 Å². The van der Waals surface area contributed by atoms with E-state index in [4.69, 9.17) is 0 Å². The Morgan fingerprint density at radius 2 is 1.72 bits per heavy atom. The second-order valence-electron chi connectivity index (χ2n) is 8.59. The van der Waals surface area contributed by atoms with Crippen molar-refractivity contribution in [2.24, 2.45) is 0 Å². The molecular weight excluding hydrogens is 539 g/mol. The van der Waals surface area contributed by atoms with E-state index in [-0.39, 0.29) is 23.4 Å². The van der Waals surface area contributed by atoms with Crippen molar-refractivity contribution in [3.05, 3.63) is 106 Å². The van der Waals surface area contributed by atoms with Crippen molar-refractivity contribution in [1.29, 1.82) is 0 Å². The van der Waals surface area contributed by atoms with Gasteiger partial charge in [0.15, 0.2) is 0 Å². The molecule has 1 N–H and O–H groups in total. The quantitative estimate of drug-likeness (QED) is 0.243. The fraction of sp³-hybridized carbons (Fsp3) is 0.310. The van der Waals surface area contributed by atoms with E-state index in [1.165, 1.54) is 17.8 Å². The summed E-state index contributed by atoms with van der Waals surface area (Å²) in [5.74, 6) is -0.0521. The molecule has 36 heavy (non-hydrogen) atoms. The predicted octanol–water partition coefficient (Wildman–Crippen LogP) is 6.38. The van der Waals surface area contributed by atoms with Crippen molar-refractivity contribution in [2.75, 3.05) is 12.3 Å². The number of hydrogen-bond donors (Lipinski definition) is 1. The van der Waals surface area contributed by atoms with Crippen molar-refractivity contribution < 1.29 is 14.0 Å². The number of carbonyl (C=O) groups is 2. The highest BCUT2D eigenvalue weighted by Gasteiger charge is 2.30. The Morgan fingerprint density at radius 3 is 2.44 bits per heavy atom. The molecule has 1 atom stereocenters. The molecule has 0 saturated carbocycles.